The fourth-order valence-corrected chi connectivity index (χ4v) is 4.08. The first-order valence-electron chi connectivity index (χ1n) is 8.05. The number of nitro benzene ring substituents is 1. The predicted molar refractivity (Wildman–Crippen MR) is 94.1 cm³/mol. The van der Waals surface area contributed by atoms with Crippen LogP contribution in [-0.2, 0) is 15.6 Å². The Bertz CT molecular complexity index is 830. The molecule has 1 aromatic carbocycles. The highest BCUT2D eigenvalue weighted by Crippen LogP contribution is 2.49. The van der Waals surface area contributed by atoms with Gasteiger partial charge in [0.05, 0.1) is 20.5 Å². The van der Waals surface area contributed by atoms with Gasteiger partial charge in [0.15, 0.2) is 0 Å². The lowest BCUT2D eigenvalue weighted by molar-refractivity contribution is -0.388. The Balaban J connectivity index is 3.24. The summed E-state index contributed by atoms with van der Waals surface area (Å²) in [5.74, 6) is -7.32. The van der Waals surface area contributed by atoms with Gasteiger partial charge in [-0.1, -0.05) is 0 Å². The highest BCUT2D eigenvalue weighted by atomic mass is 32.2. The topological polar surface area (TPSA) is 80.5 Å². The molecule has 0 heterocycles. The number of hydrogen-bond donors (Lipinski definition) is 0. The van der Waals surface area contributed by atoms with Crippen molar-refractivity contribution in [2.24, 2.45) is 0 Å². The maximum absolute atomic E-state index is 13.6. The van der Waals surface area contributed by atoms with Crippen molar-refractivity contribution in [3.63, 3.8) is 0 Å². The van der Waals surface area contributed by atoms with Crippen molar-refractivity contribution >= 4 is 34.2 Å². The van der Waals surface area contributed by atoms with Crippen LogP contribution in [0.2, 0.25) is 0 Å². The lowest BCUT2D eigenvalue weighted by Crippen LogP contribution is -2.54. The second-order valence-corrected chi connectivity index (χ2v) is 8.14. The molecule has 30 heavy (non-hydrogen) atoms. The molecule has 1 rings (SSSR count). The molecule has 0 fully saturated rings. The minimum absolute atomic E-state index is 0.223. The van der Waals surface area contributed by atoms with Gasteiger partial charge in [0.2, 0.25) is 5.91 Å². The zero-order valence-electron chi connectivity index (χ0n) is 15.3. The van der Waals surface area contributed by atoms with Gasteiger partial charge in [0.25, 0.3) is 5.69 Å². The van der Waals surface area contributed by atoms with Crippen LogP contribution in [0.25, 0.3) is 0 Å². The molecule has 1 atom stereocenters. The van der Waals surface area contributed by atoms with Crippen LogP contribution in [0.15, 0.2) is 28.0 Å². The number of benzene rings is 1. The third-order valence-corrected chi connectivity index (χ3v) is 6.21. The van der Waals surface area contributed by atoms with Crippen molar-refractivity contribution in [1.29, 1.82) is 0 Å². The standard InChI is InChI=1S/C15H15F7N2O4S2/c1-3-23(4-2)12(25)8-29-11-6-5-9(7-10(11)24(26)27)30(28)15(21,22)13(16,17)14(18,19)20/h5-7H,3-4,8H2,1-2H3. The van der Waals surface area contributed by atoms with Gasteiger partial charge in [-0.15, -0.1) is 11.8 Å². The molecule has 15 heteroatoms. The summed E-state index contributed by atoms with van der Waals surface area (Å²) in [4.78, 5) is 21.9. The third kappa shape index (κ3) is 5.22. The molecule has 0 saturated heterocycles. The molecular formula is C15H15F7N2O4S2. The van der Waals surface area contributed by atoms with E-state index >= 15 is 0 Å². The highest BCUT2D eigenvalue weighted by Gasteiger charge is 2.76. The van der Waals surface area contributed by atoms with E-state index in [0.717, 1.165) is 6.07 Å². The van der Waals surface area contributed by atoms with Gasteiger partial charge in [-0.3, -0.25) is 14.9 Å². The molecule has 0 saturated carbocycles. The Hall–Kier alpha value is -1.90. The Kier molecular flexibility index (Phi) is 8.27. The van der Waals surface area contributed by atoms with Gasteiger partial charge in [-0.05, 0) is 26.0 Å². The first-order valence-corrected chi connectivity index (χ1v) is 10.2. The summed E-state index contributed by atoms with van der Waals surface area (Å²) in [5, 5.41) is 5.10. The fourth-order valence-electron chi connectivity index (χ4n) is 2.11. The van der Waals surface area contributed by atoms with Crippen LogP contribution in [0, 0.1) is 10.1 Å². The van der Waals surface area contributed by atoms with E-state index in [1.165, 1.54) is 4.90 Å². The molecule has 0 spiro atoms. The second-order valence-electron chi connectivity index (χ2n) is 5.60. The number of thioether (sulfide) groups is 1. The van der Waals surface area contributed by atoms with Gasteiger partial charge in [0, 0.05) is 19.2 Å². The minimum atomic E-state index is -6.70. The number of carbonyl (C=O) groups is 1. The first-order chi connectivity index (χ1) is 13.6. The molecule has 0 bridgehead atoms. The Labute approximate surface area is 172 Å². The lowest BCUT2D eigenvalue weighted by atomic mass is 10.3. The number of halogens is 7. The zero-order chi connectivity index (χ0) is 23.5. The molecule has 0 aliphatic heterocycles. The van der Waals surface area contributed by atoms with Gasteiger partial charge in [-0.2, -0.15) is 30.7 Å². The monoisotopic (exact) mass is 484 g/mol. The molecule has 1 amide bonds. The number of amides is 1. The van der Waals surface area contributed by atoms with Gasteiger partial charge in [0.1, 0.15) is 10.8 Å². The van der Waals surface area contributed by atoms with Crippen molar-refractivity contribution in [2.75, 3.05) is 18.8 Å². The van der Waals surface area contributed by atoms with Crippen LogP contribution >= 0.6 is 11.8 Å². The highest BCUT2D eigenvalue weighted by molar-refractivity contribution is 8.00. The number of hydrogen-bond acceptors (Lipinski definition) is 5. The smallest absolute Gasteiger partial charge is 0.343 e. The van der Waals surface area contributed by atoms with Crippen molar-refractivity contribution in [2.45, 2.75) is 41.0 Å². The molecule has 170 valence electrons. The largest absolute Gasteiger partial charge is 0.461 e. The summed E-state index contributed by atoms with van der Waals surface area (Å²) >= 11 is 0.633. The maximum Gasteiger partial charge on any atom is 0.461 e. The maximum atomic E-state index is 13.6. The van der Waals surface area contributed by atoms with Crippen LogP contribution < -0.4 is 0 Å². The molecule has 0 aromatic heterocycles. The second kappa shape index (κ2) is 9.49. The Morgan fingerprint density at radius 2 is 1.67 bits per heavy atom. The first kappa shape index (κ1) is 26.1. The van der Waals surface area contributed by atoms with Crippen LogP contribution in [0.5, 0.6) is 0 Å². The van der Waals surface area contributed by atoms with E-state index in [-0.39, 0.29) is 16.7 Å². The van der Waals surface area contributed by atoms with Crippen LogP contribution in [-0.4, -0.2) is 56.1 Å². The van der Waals surface area contributed by atoms with E-state index in [0.29, 0.717) is 30.9 Å². The minimum Gasteiger partial charge on any atom is -0.343 e. The lowest BCUT2D eigenvalue weighted by Gasteiger charge is -2.27. The van der Waals surface area contributed by atoms with E-state index in [2.05, 4.69) is 0 Å². The third-order valence-electron chi connectivity index (χ3n) is 3.76. The van der Waals surface area contributed by atoms with Crippen molar-refractivity contribution < 1.29 is 44.7 Å². The average molecular weight is 484 g/mol. The summed E-state index contributed by atoms with van der Waals surface area (Å²) in [6.07, 6.45) is -6.70. The number of nitro groups is 1. The van der Waals surface area contributed by atoms with Crippen molar-refractivity contribution in [3.8, 4) is 0 Å². The van der Waals surface area contributed by atoms with E-state index < -0.39 is 49.6 Å². The number of carbonyl (C=O) groups excluding carboxylic acids is 1. The molecule has 1 aromatic rings. The number of alkyl halides is 7. The normalized spacial score (nSPS) is 13.8. The van der Waals surface area contributed by atoms with Gasteiger partial charge in [-0.25, -0.2) is 4.21 Å². The van der Waals surface area contributed by atoms with E-state index in [9.17, 15) is 49.9 Å². The SMILES string of the molecule is CCN(CC)C(=O)CSc1ccc(S(=O)C(F)(F)C(F)(F)C(F)(F)F)cc1[N+](=O)[O-]. The Morgan fingerprint density at radius 3 is 2.10 bits per heavy atom. The molecule has 6 nitrogen and oxygen atoms in total. The summed E-state index contributed by atoms with van der Waals surface area (Å²) < 4.78 is 102. The van der Waals surface area contributed by atoms with Gasteiger partial charge >= 0.3 is 17.4 Å². The van der Waals surface area contributed by atoms with Gasteiger partial charge < -0.3 is 4.90 Å². The van der Waals surface area contributed by atoms with E-state index in [1.54, 1.807) is 13.8 Å². The average Bonchev–Trinajstić information content (AvgIpc) is 2.65. The van der Waals surface area contributed by atoms with Crippen LogP contribution in [0.1, 0.15) is 13.8 Å². The van der Waals surface area contributed by atoms with Crippen molar-refractivity contribution in [1.82, 2.24) is 4.90 Å². The van der Waals surface area contributed by atoms with E-state index in [4.69, 9.17) is 0 Å². The molecule has 0 radical (unpaired) electrons. The number of rotatable bonds is 9. The molecule has 0 N–H and O–H groups in total. The fraction of sp³-hybridized carbons (Fsp3) is 0.533. The molecule has 0 aliphatic rings. The van der Waals surface area contributed by atoms with Crippen molar-refractivity contribution in [3.05, 3.63) is 28.3 Å². The number of nitrogens with zero attached hydrogens (tertiary/aromatic N) is 2. The summed E-state index contributed by atoms with van der Waals surface area (Å²) in [5.41, 5.74) is -0.968. The summed E-state index contributed by atoms with van der Waals surface area (Å²) in [6.45, 7) is 4.10. The predicted octanol–water partition coefficient (Wildman–Crippen LogP) is 4.45. The quantitative estimate of drug-likeness (QED) is 0.224. The van der Waals surface area contributed by atoms with Crippen LogP contribution in [0.4, 0.5) is 36.4 Å². The molecule has 0 aliphatic carbocycles. The van der Waals surface area contributed by atoms with Crippen LogP contribution in [0.3, 0.4) is 0 Å². The van der Waals surface area contributed by atoms with E-state index in [1.807, 2.05) is 0 Å². The summed E-state index contributed by atoms with van der Waals surface area (Å²) in [7, 11) is -4.26. The molecular weight excluding hydrogens is 469 g/mol. The Morgan fingerprint density at radius 1 is 1.13 bits per heavy atom. The molecule has 1 unspecified atom stereocenters. The zero-order valence-corrected chi connectivity index (χ0v) is 17.0. The summed E-state index contributed by atoms with van der Waals surface area (Å²) in [6, 6.07) is 1.49.